The molecule has 124 valence electrons. The van der Waals surface area contributed by atoms with Crippen LogP contribution in [0.15, 0.2) is 48.5 Å². The highest BCUT2D eigenvalue weighted by Crippen LogP contribution is 2.49. The summed E-state index contributed by atoms with van der Waals surface area (Å²) in [5.74, 6) is -0.148. The number of Topliss-reactive ketones (excluding diaryl/α,β-unsaturated/α-hetero) is 1. The smallest absolute Gasteiger partial charge is 0.317 e. The van der Waals surface area contributed by atoms with E-state index in [0.29, 0.717) is 16.3 Å². The number of methoxy groups -OCH3 is 1. The summed E-state index contributed by atoms with van der Waals surface area (Å²) >= 11 is 6.01. The summed E-state index contributed by atoms with van der Waals surface area (Å²) in [5.41, 5.74) is 0.743. The van der Waals surface area contributed by atoms with Gasteiger partial charge in [-0.2, -0.15) is 0 Å². The van der Waals surface area contributed by atoms with E-state index in [0.717, 1.165) is 18.4 Å². The van der Waals surface area contributed by atoms with Crippen molar-refractivity contribution in [2.45, 2.75) is 18.3 Å². The maximum absolute atomic E-state index is 12.4. The Labute approximate surface area is 145 Å². The highest BCUT2D eigenvalue weighted by molar-refractivity contribution is 6.32. The molecule has 0 aromatic heterocycles. The lowest BCUT2D eigenvalue weighted by molar-refractivity contribution is -0.145. The van der Waals surface area contributed by atoms with Gasteiger partial charge < -0.3 is 9.47 Å². The van der Waals surface area contributed by atoms with Gasteiger partial charge in [0, 0.05) is 5.56 Å². The van der Waals surface area contributed by atoms with E-state index in [1.165, 1.54) is 13.2 Å². The van der Waals surface area contributed by atoms with E-state index in [1.54, 1.807) is 12.1 Å². The minimum absolute atomic E-state index is 0.295. The monoisotopic (exact) mass is 344 g/mol. The molecule has 2 aromatic carbocycles. The number of ketones is 1. The van der Waals surface area contributed by atoms with Gasteiger partial charge in [-0.15, -0.1) is 0 Å². The molecule has 0 aliphatic heterocycles. The van der Waals surface area contributed by atoms with Gasteiger partial charge in [0.15, 0.2) is 12.4 Å². The fourth-order valence-corrected chi connectivity index (χ4v) is 2.94. The van der Waals surface area contributed by atoms with Crippen molar-refractivity contribution in [3.63, 3.8) is 0 Å². The first-order valence-corrected chi connectivity index (χ1v) is 8.04. The lowest BCUT2D eigenvalue weighted by Crippen LogP contribution is -2.25. The van der Waals surface area contributed by atoms with E-state index in [-0.39, 0.29) is 18.4 Å². The Morgan fingerprint density at radius 1 is 1.12 bits per heavy atom. The van der Waals surface area contributed by atoms with Crippen molar-refractivity contribution in [1.82, 2.24) is 0 Å². The summed E-state index contributed by atoms with van der Waals surface area (Å²) in [4.78, 5) is 24.6. The van der Waals surface area contributed by atoms with Crippen LogP contribution in [-0.2, 0) is 14.9 Å². The minimum atomic E-state index is -0.584. The zero-order chi connectivity index (χ0) is 17.2. The Hall–Kier alpha value is -2.33. The standard InChI is InChI=1S/C19H17ClO4/c1-23-17-8-7-13(11-15(17)20)16(21)12-24-18(22)19(9-10-19)14-5-3-2-4-6-14/h2-8,11H,9-10,12H2,1H3. The van der Waals surface area contributed by atoms with Gasteiger partial charge in [0.1, 0.15) is 5.75 Å². The molecular formula is C19H17ClO4. The van der Waals surface area contributed by atoms with Crippen LogP contribution in [0.5, 0.6) is 5.75 Å². The minimum Gasteiger partial charge on any atom is -0.495 e. The molecule has 0 spiro atoms. The van der Waals surface area contributed by atoms with Crippen LogP contribution in [-0.4, -0.2) is 25.5 Å². The Morgan fingerprint density at radius 2 is 1.83 bits per heavy atom. The first kappa shape index (κ1) is 16.5. The van der Waals surface area contributed by atoms with Crippen molar-refractivity contribution in [3.8, 4) is 5.75 Å². The molecule has 0 amide bonds. The van der Waals surface area contributed by atoms with Crippen molar-refractivity contribution < 1.29 is 19.1 Å². The summed E-state index contributed by atoms with van der Waals surface area (Å²) < 4.78 is 10.3. The molecule has 0 atom stereocenters. The van der Waals surface area contributed by atoms with Gasteiger partial charge in [-0.1, -0.05) is 41.9 Å². The van der Waals surface area contributed by atoms with Crippen molar-refractivity contribution >= 4 is 23.4 Å². The number of hydrogen-bond acceptors (Lipinski definition) is 4. The average Bonchev–Trinajstić information content (AvgIpc) is 3.42. The molecule has 1 aliphatic rings. The van der Waals surface area contributed by atoms with Gasteiger partial charge in [-0.3, -0.25) is 9.59 Å². The van der Waals surface area contributed by atoms with E-state index < -0.39 is 5.41 Å². The Morgan fingerprint density at radius 3 is 2.42 bits per heavy atom. The summed E-state index contributed by atoms with van der Waals surface area (Å²) in [6.45, 7) is -0.296. The summed E-state index contributed by atoms with van der Waals surface area (Å²) in [7, 11) is 1.50. The molecule has 0 unspecified atom stereocenters. The number of carbonyl (C=O) groups is 2. The van der Waals surface area contributed by atoms with Crippen molar-refractivity contribution in [3.05, 3.63) is 64.7 Å². The lowest BCUT2D eigenvalue weighted by atomic mass is 9.96. The molecular weight excluding hydrogens is 328 g/mol. The predicted octanol–water partition coefficient (Wildman–Crippen LogP) is 3.81. The molecule has 0 saturated heterocycles. The maximum atomic E-state index is 12.4. The lowest BCUT2D eigenvalue weighted by Gasteiger charge is -2.14. The van der Waals surface area contributed by atoms with Crippen LogP contribution in [0.3, 0.4) is 0 Å². The average molecular weight is 345 g/mol. The third-order valence-corrected chi connectivity index (χ3v) is 4.57. The molecule has 0 radical (unpaired) electrons. The Bertz CT molecular complexity index is 766. The van der Waals surface area contributed by atoms with Crippen LogP contribution in [0.1, 0.15) is 28.8 Å². The molecule has 0 heterocycles. The van der Waals surface area contributed by atoms with Crippen molar-refractivity contribution in [2.75, 3.05) is 13.7 Å². The zero-order valence-electron chi connectivity index (χ0n) is 13.3. The van der Waals surface area contributed by atoms with Crippen LogP contribution in [0.2, 0.25) is 5.02 Å². The topological polar surface area (TPSA) is 52.6 Å². The first-order valence-electron chi connectivity index (χ1n) is 7.66. The third kappa shape index (κ3) is 3.15. The fourth-order valence-electron chi connectivity index (χ4n) is 2.69. The zero-order valence-corrected chi connectivity index (χ0v) is 14.0. The van der Waals surface area contributed by atoms with E-state index in [1.807, 2.05) is 30.3 Å². The van der Waals surface area contributed by atoms with Crippen molar-refractivity contribution in [2.24, 2.45) is 0 Å². The van der Waals surface area contributed by atoms with Gasteiger partial charge in [0.25, 0.3) is 0 Å². The second kappa shape index (κ2) is 6.65. The highest BCUT2D eigenvalue weighted by atomic mass is 35.5. The molecule has 4 nitrogen and oxygen atoms in total. The second-order valence-corrected chi connectivity index (χ2v) is 6.20. The van der Waals surface area contributed by atoms with Crippen LogP contribution >= 0.6 is 11.6 Å². The summed E-state index contributed by atoms with van der Waals surface area (Å²) in [6.07, 6.45) is 1.50. The molecule has 1 fully saturated rings. The number of halogens is 1. The Balaban J connectivity index is 1.64. The fraction of sp³-hybridized carbons (Fsp3) is 0.263. The van der Waals surface area contributed by atoms with Gasteiger partial charge >= 0.3 is 5.97 Å². The van der Waals surface area contributed by atoms with Crippen LogP contribution in [0.4, 0.5) is 0 Å². The van der Waals surface area contributed by atoms with Crippen LogP contribution < -0.4 is 4.74 Å². The number of benzene rings is 2. The quantitative estimate of drug-likeness (QED) is 0.590. The summed E-state index contributed by atoms with van der Waals surface area (Å²) in [6, 6.07) is 14.3. The summed E-state index contributed by atoms with van der Waals surface area (Å²) in [5, 5.41) is 0.345. The molecule has 1 aliphatic carbocycles. The first-order chi connectivity index (χ1) is 11.6. The van der Waals surface area contributed by atoms with E-state index >= 15 is 0 Å². The van der Waals surface area contributed by atoms with Gasteiger partial charge in [-0.05, 0) is 36.6 Å². The number of esters is 1. The highest BCUT2D eigenvalue weighted by Gasteiger charge is 2.52. The number of ether oxygens (including phenoxy) is 2. The van der Waals surface area contributed by atoms with Crippen molar-refractivity contribution in [1.29, 1.82) is 0 Å². The molecule has 2 aromatic rings. The number of carbonyl (C=O) groups excluding carboxylic acids is 2. The van der Waals surface area contributed by atoms with Crippen LogP contribution in [0.25, 0.3) is 0 Å². The Kier molecular flexibility index (Phi) is 4.58. The largest absolute Gasteiger partial charge is 0.495 e. The third-order valence-electron chi connectivity index (χ3n) is 4.28. The normalized spacial score (nSPS) is 14.8. The van der Waals surface area contributed by atoms with E-state index in [2.05, 4.69) is 0 Å². The van der Waals surface area contributed by atoms with E-state index in [4.69, 9.17) is 21.1 Å². The molecule has 0 N–H and O–H groups in total. The molecule has 1 saturated carbocycles. The van der Waals surface area contributed by atoms with Gasteiger partial charge in [-0.25, -0.2) is 0 Å². The number of hydrogen-bond donors (Lipinski definition) is 0. The SMILES string of the molecule is COc1ccc(C(=O)COC(=O)C2(c3ccccc3)CC2)cc1Cl. The molecule has 5 heteroatoms. The maximum Gasteiger partial charge on any atom is 0.317 e. The van der Waals surface area contributed by atoms with E-state index in [9.17, 15) is 9.59 Å². The van der Waals surface area contributed by atoms with Crippen LogP contribution in [0, 0.1) is 0 Å². The van der Waals surface area contributed by atoms with Gasteiger partial charge in [0.05, 0.1) is 17.5 Å². The van der Waals surface area contributed by atoms with Gasteiger partial charge in [0.2, 0.25) is 0 Å². The molecule has 0 bridgehead atoms. The predicted molar refractivity (Wildman–Crippen MR) is 90.6 cm³/mol. The second-order valence-electron chi connectivity index (χ2n) is 5.80. The number of rotatable bonds is 6. The molecule has 24 heavy (non-hydrogen) atoms. The molecule has 3 rings (SSSR count).